The number of fused-ring (bicyclic) bond motifs is 3. The lowest BCUT2D eigenvalue weighted by atomic mass is 10.0. The summed E-state index contributed by atoms with van der Waals surface area (Å²) >= 11 is 1.64. The molecule has 1 aromatic carbocycles. The second-order valence-corrected chi connectivity index (χ2v) is 6.78. The maximum absolute atomic E-state index is 9.20. The minimum atomic E-state index is 0.554. The quantitative estimate of drug-likeness (QED) is 0.824. The van der Waals surface area contributed by atoms with Crippen molar-refractivity contribution in [3.63, 3.8) is 0 Å². The Balaban J connectivity index is 1.86. The Morgan fingerprint density at radius 2 is 2.26 bits per heavy atom. The largest absolute Gasteiger partial charge is 0.361 e. The van der Waals surface area contributed by atoms with Gasteiger partial charge < -0.3 is 15.5 Å². The summed E-state index contributed by atoms with van der Waals surface area (Å²) in [7, 11) is 4.15. The highest BCUT2D eigenvalue weighted by Gasteiger charge is 2.17. The molecule has 0 aliphatic carbocycles. The van der Waals surface area contributed by atoms with Crippen molar-refractivity contribution in [3.05, 3.63) is 35.5 Å². The molecule has 2 heterocycles. The number of rotatable bonds is 5. The van der Waals surface area contributed by atoms with Crippen LogP contribution < -0.4 is 10.6 Å². The standard InChI is InChI=1S/C17H19N5S/c1-11-12(10-18)9-13-14(20-11)5-6-15-16(13)21-17(23-15)19-7-4-8-22(2)3/h5-6,9,20H,1,4,7-8H2,2-3H3,(H,19,21). The van der Waals surface area contributed by atoms with Crippen LogP contribution in [0.2, 0.25) is 0 Å². The molecule has 2 N–H and O–H groups in total. The lowest BCUT2D eigenvalue weighted by Crippen LogP contribution is -2.16. The molecule has 2 aromatic rings. The Hall–Kier alpha value is -2.36. The summed E-state index contributed by atoms with van der Waals surface area (Å²) in [5, 5.41) is 16.7. The van der Waals surface area contributed by atoms with E-state index >= 15 is 0 Å². The Kier molecular flexibility index (Phi) is 4.33. The van der Waals surface area contributed by atoms with E-state index in [4.69, 9.17) is 4.98 Å². The van der Waals surface area contributed by atoms with Crippen LogP contribution in [-0.4, -0.2) is 37.1 Å². The van der Waals surface area contributed by atoms with Crippen LogP contribution in [0.1, 0.15) is 12.0 Å². The van der Waals surface area contributed by atoms with Gasteiger partial charge in [-0.25, -0.2) is 4.98 Å². The first-order valence-electron chi connectivity index (χ1n) is 7.48. The molecule has 5 nitrogen and oxygen atoms in total. The van der Waals surface area contributed by atoms with Crippen LogP contribution in [0.25, 0.3) is 16.3 Å². The Bertz CT molecular complexity index is 825. The molecule has 0 amide bonds. The van der Waals surface area contributed by atoms with Crippen LogP contribution in [0.15, 0.2) is 30.0 Å². The number of aromatic nitrogens is 1. The normalized spacial score (nSPS) is 13.5. The Morgan fingerprint density at radius 3 is 3.00 bits per heavy atom. The van der Waals surface area contributed by atoms with Gasteiger partial charge in [0, 0.05) is 23.5 Å². The van der Waals surface area contributed by atoms with Crippen molar-refractivity contribution < 1.29 is 0 Å². The number of nitrogens with zero attached hydrogens (tertiary/aromatic N) is 3. The number of benzene rings is 1. The molecule has 1 aromatic heterocycles. The van der Waals surface area contributed by atoms with E-state index in [-0.39, 0.29) is 0 Å². The molecule has 0 fully saturated rings. The van der Waals surface area contributed by atoms with E-state index in [0.717, 1.165) is 46.1 Å². The minimum absolute atomic E-state index is 0.554. The van der Waals surface area contributed by atoms with Crippen molar-refractivity contribution in [3.8, 4) is 6.07 Å². The number of thiazole rings is 1. The van der Waals surface area contributed by atoms with Gasteiger partial charge in [-0.3, -0.25) is 0 Å². The number of anilines is 2. The molecular formula is C17H19N5S. The van der Waals surface area contributed by atoms with Crippen LogP contribution in [0.4, 0.5) is 10.8 Å². The van der Waals surface area contributed by atoms with Gasteiger partial charge in [-0.2, -0.15) is 5.26 Å². The fourth-order valence-electron chi connectivity index (χ4n) is 2.50. The molecule has 0 bridgehead atoms. The van der Waals surface area contributed by atoms with Crippen molar-refractivity contribution in [1.82, 2.24) is 9.88 Å². The summed E-state index contributed by atoms with van der Waals surface area (Å²) in [4.78, 5) is 6.88. The highest BCUT2D eigenvalue weighted by molar-refractivity contribution is 7.22. The maximum atomic E-state index is 9.20. The SMILES string of the molecule is C=C1Nc2ccc3sc(NCCCN(C)C)nc3c2C=C1C#N. The summed E-state index contributed by atoms with van der Waals surface area (Å²) in [5.74, 6) is 0. The first-order valence-corrected chi connectivity index (χ1v) is 8.30. The average molecular weight is 325 g/mol. The summed E-state index contributed by atoms with van der Waals surface area (Å²) in [5.41, 5.74) is 4.03. The number of nitriles is 1. The van der Waals surface area contributed by atoms with E-state index in [0.29, 0.717) is 11.3 Å². The molecule has 0 spiro atoms. The van der Waals surface area contributed by atoms with Crippen molar-refractivity contribution in [1.29, 1.82) is 5.26 Å². The van der Waals surface area contributed by atoms with Crippen LogP contribution in [0, 0.1) is 11.3 Å². The smallest absolute Gasteiger partial charge is 0.183 e. The van der Waals surface area contributed by atoms with Gasteiger partial charge in [-0.15, -0.1) is 0 Å². The number of nitrogens with one attached hydrogen (secondary N) is 2. The van der Waals surface area contributed by atoms with Crippen molar-refractivity contribution in [2.75, 3.05) is 37.8 Å². The van der Waals surface area contributed by atoms with Gasteiger partial charge in [-0.05, 0) is 45.3 Å². The number of allylic oxidation sites excluding steroid dienone is 1. The zero-order chi connectivity index (χ0) is 16.4. The summed E-state index contributed by atoms with van der Waals surface area (Å²) in [6.07, 6.45) is 2.94. The third-order valence-electron chi connectivity index (χ3n) is 3.68. The summed E-state index contributed by atoms with van der Waals surface area (Å²) < 4.78 is 1.11. The molecule has 1 aliphatic rings. The Labute approximate surface area is 139 Å². The third kappa shape index (κ3) is 3.21. The lowest BCUT2D eigenvalue weighted by Gasteiger charge is -2.17. The minimum Gasteiger partial charge on any atom is -0.361 e. The Morgan fingerprint density at radius 1 is 1.43 bits per heavy atom. The summed E-state index contributed by atoms with van der Waals surface area (Å²) in [6, 6.07) is 6.25. The van der Waals surface area contributed by atoms with Gasteiger partial charge >= 0.3 is 0 Å². The molecule has 118 valence electrons. The van der Waals surface area contributed by atoms with Crippen molar-refractivity contribution in [2.45, 2.75) is 6.42 Å². The van der Waals surface area contributed by atoms with E-state index in [9.17, 15) is 5.26 Å². The lowest BCUT2D eigenvalue weighted by molar-refractivity contribution is 0.405. The molecule has 0 saturated carbocycles. The van der Waals surface area contributed by atoms with Crippen LogP contribution in [-0.2, 0) is 0 Å². The zero-order valence-electron chi connectivity index (χ0n) is 13.3. The van der Waals surface area contributed by atoms with Gasteiger partial charge in [-0.1, -0.05) is 17.9 Å². The summed E-state index contributed by atoms with van der Waals surface area (Å²) in [6.45, 7) is 5.83. The fraction of sp³-hybridized carbons (Fsp3) is 0.294. The predicted octanol–water partition coefficient (Wildman–Crippen LogP) is 3.51. The van der Waals surface area contributed by atoms with Crippen molar-refractivity contribution >= 4 is 38.4 Å². The topological polar surface area (TPSA) is 64.0 Å². The van der Waals surface area contributed by atoms with Gasteiger partial charge in [0.2, 0.25) is 0 Å². The molecular weight excluding hydrogens is 306 g/mol. The van der Waals surface area contributed by atoms with Gasteiger partial charge in [0.25, 0.3) is 0 Å². The van der Waals surface area contributed by atoms with E-state index in [1.807, 2.05) is 12.1 Å². The second-order valence-electron chi connectivity index (χ2n) is 5.75. The predicted molar refractivity (Wildman–Crippen MR) is 97.6 cm³/mol. The highest BCUT2D eigenvalue weighted by atomic mass is 32.1. The van der Waals surface area contributed by atoms with E-state index < -0.39 is 0 Å². The van der Waals surface area contributed by atoms with Gasteiger partial charge in [0.15, 0.2) is 5.13 Å². The van der Waals surface area contributed by atoms with Gasteiger partial charge in [0.05, 0.1) is 15.8 Å². The molecule has 23 heavy (non-hydrogen) atoms. The van der Waals surface area contributed by atoms with Gasteiger partial charge in [0.1, 0.15) is 6.07 Å². The second kappa shape index (κ2) is 6.41. The fourth-order valence-corrected chi connectivity index (χ4v) is 3.40. The van der Waals surface area contributed by atoms with Crippen LogP contribution >= 0.6 is 11.3 Å². The molecule has 0 saturated heterocycles. The molecule has 3 rings (SSSR count). The first-order chi connectivity index (χ1) is 11.1. The average Bonchev–Trinajstić information content (AvgIpc) is 2.94. The third-order valence-corrected chi connectivity index (χ3v) is 4.66. The monoisotopic (exact) mass is 325 g/mol. The van der Waals surface area contributed by atoms with Crippen molar-refractivity contribution in [2.24, 2.45) is 0 Å². The van der Waals surface area contributed by atoms with Crippen LogP contribution in [0.5, 0.6) is 0 Å². The maximum Gasteiger partial charge on any atom is 0.183 e. The number of hydrogen-bond donors (Lipinski definition) is 2. The van der Waals surface area contributed by atoms with E-state index in [1.54, 1.807) is 11.3 Å². The highest BCUT2D eigenvalue weighted by Crippen LogP contribution is 2.37. The molecule has 6 heteroatoms. The molecule has 0 radical (unpaired) electrons. The van der Waals surface area contributed by atoms with E-state index in [1.165, 1.54) is 0 Å². The van der Waals surface area contributed by atoms with Crippen LogP contribution in [0.3, 0.4) is 0 Å². The first kappa shape index (κ1) is 15.5. The zero-order valence-corrected chi connectivity index (χ0v) is 14.1. The molecule has 1 aliphatic heterocycles. The number of hydrogen-bond acceptors (Lipinski definition) is 6. The molecule has 0 unspecified atom stereocenters. The molecule has 0 atom stereocenters. The van der Waals surface area contributed by atoms with E-state index in [2.05, 4.69) is 48.3 Å².